The fourth-order valence-electron chi connectivity index (χ4n) is 0.929. The van der Waals surface area contributed by atoms with Gasteiger partial charge in [0.25, 0.3) is 0 Å². The van der Waals surface area contributed by atoms with Crippen LogP contribution in [0, 0.1) is 0 Å². The van der Waals surface area contributed by atoms with Crippen molar-refractivity contribution in [3.8, 4) is 0 Å². The summed E-state index contributed by atoms with van der Waals surface area (Å²) in [5.41, 5.74) is 5.30. The molecule has 0 aromatic carbocycles. The van der Waals surface area contributed by atoms with Crippen molar-refractivity contribution in [1.29, 1.82) is 0 Å². The Morgan fingerprint density at radius 1 is 1.06 bits per heavy atom. The molecule has 4 N–H and O–H groups in total. The maximum atomic E-state index is 10.5. The Labute approximate surface area is 102 Å². The zero-order valence-electron chi connectivity index (χ0n) is 8.79. The van der Waals surface area contributed by atoms with E-state index in [1.165, 1.54) is 4.90 Å². The third-order valence-corrected chi connectivity index (χ3v) is 3.91. The molecule has 0 atom stereocenters. The van der Waals surface area contributed by atoms with E-state index in [0.29, 0.717) is 18.8 Å². The Morgan fingerprint density at radius 3 is 2.00 bits per heavy atom. The Morgan fingerprint density at radius 2 is 1.56 bits per heavy atom. The zero-order valence-corrected chi connectivity index (χ0v) is 10.4. The van der Waals surface area contributed by atoms with Gasteiger partial charge in [-0.1, -0.05) is 21.6 Å². The standard InChI is InChI=1S/C8H16N2O4S2/c9-1-3-15-16-4-2-10(5-7(11)12)6-8(13)14/h1-6,9H2,(H,11,12)(H,13,14). The summed E-state index contributed by atoms with van der Waals surface area (Å²) in [4.78, 5) is 22.3. The number of carbonyl (C=O) groups is 2. The van der Waals surface area contributed by atoms with Crippen LogP contribution in [0.2, 0.25) is 0 Å². The molecular formula is C8H16N2O4S2. The second-order valence-corrected chi connectivity index (χ2v) is 5.63. The van der Waals surface area contributed by atoms with Crippen molar-refractivity contribution in [2.24, 2.45) is 5.73 Å². The third kappa shape index (κ3) is 10.1. The van der Waals surface area contributed by atoms with E-state index in [4.69, 9.17) is 15.9 Å². The van der Waals surface area contributed by atoms with E-state index < -0.39 is 11.9 Å². The molecule has 16 heavy (non-hydrogen) atoms. The van der Waals surface area contributed by atoms with Crippen molar-refractivity contribution < 1.29 is 19.8 Å². The van der Waals surface area contributed by atoms with E-state index in [0.717, 1.165) is 5.75 Å². The highest BCUT2D eigenvalue weighted by Gasteiger charge is 2.12. The number of aliphatic carboxylic acids is 2. The Balaban J connectivity index is 3.73. The molecule has 0 spiro atoms. The molecule has 0 unspecified atom stereocenters. The van der Waals surface area contributed by atoms with Gasteiger partial charge in [-0.3, -0.25) is 14.5 Å². The summed E-state index contributed by atoms with van der Waals surface area (Å²) in [6.45, 7) is 0.565. The second kappa shape index (κ2) is 9.76. The lowest BCUT2D eigenvalue weighted by Gasteiger charge is -2.16. The molecule has 94 valence electrons. The molecule has 0 saturated carbocycles. The number of carboxylic acids is 2. The molecule has 0 bridgehead atoms. The molecule has 0 rings (SSSR count). The first-order valence-corrected chi connectivity index (χ1v) is 7.15. The Kier molecular flexibility index (Phi) is 9.49. The van der Waals surface area contributed by atoms with E-state index in [2.05, 4.69) is 0 Å². The van der Waals surface area contributed by atoms with Crippen LogP contribution >= 0.6 is 21.6 Å². The van der Waals surface area contributed by atoms with Crippen LogP contribution in [0.3, 0.4) is 0 Å². The van der Waals surface area contributed by atoms with Gasteiger partial charge in [0, 0.05) is 24.6 Å². The van der Waals surface area contributed by atoms with Crippen molar-refractivity contribution in [3.05, 3.63) is 0 Å². The zero-order chi connectivity index (χ0) is 12.4. The van der Waals surface area contributed by atoms with Gasteiger partial charge in [0.05, 0.1) is 13.1 Å². The van der Waals surface area contributed by atoms with Crippen LogP contribution in [-0.2, 0) is 9.59 Å². The predicted molar refractivity (Wildman–Crippen MR) is 65.7 cm³/mol. The van der Waals surface area contributed by atoms with Crippen molar-refractivity contribution in [1.82, 2.24) is 4.90 Å². The summed E-state index contributed by atoms with van der Waals surface area (Å²) in [5, 5.41) is 17.1. The summed E-state index contributed by atoms with van der Waals surface area (Å²) in [6, 6.07) is 0. The number of nitrogens with two attached hydrogens (primary N) is 1. The normalized spacial score (nSPS) is 10.6. The van der Waals surface area contributed by atoms with Gasteiger partial charge in [-0.2, -0.15) is 0 Å². The fourth-order valence-corrected chi connectivity index (χ4v) is 2.81. The second-order valence-electron chi connectivity index (χ2n) is 2.93. The molecule has 0 aliphatic heterocycles. The van der Waals surface area contributed by atoms with Crippen molar-refractivity contribution in [3.63, 3.8) is 0 Å². The average molecular weight is 268 g/mol. The van der Waals surface area contributed by atoms with Gasteiger partial charge in [-0.15, -0.1) is 0 Å². The van der Waals surface area contributed by atoms with Crippen LogP contribution in [0.4, 0.5) is 0 Å². The summed E-state index contributed by atoms with van der Waals surface area (Å²) < 4.78 is 0. The molecule has 0 saturated heterocycles. The molecule has 0 aliphatic carbocycles. The highest BCUT2D eigenvalue weighted by molar-refractivity contribution is 8.76. The number of hydrogen-bond donors (Lipinski definition) is 3. The summed E-state index contributed by atoms with van der Waals surface area (Å²) in [7, 11) is 3.17. The smallest absolute Gasteiger partial charge is 0.317 e. The lowest BCUT2D eigenvalue weighted by Crippen LogP contribution is -2.36. The highest BCUT2D eigenvalue weighted by Crippen LogP contribution is 2.19. The van der Waals surface area contributed by atoms with Crippen molar-refractivity contribution >= 4 is 33.5 Å². The molecule has 0 aromatic heterocycles. The summed E-state index contributed by atoms with van der Waals surface area (Å²) in [6.07, 6.45) is 0. The van der Waals surface area contributed by atoms with Gasteiger partial charge in [-0.25, -0.2) is 0 Å². The fraction of sp³-hybridized carbons (Fsp3) is 0.750. The number of nitrogens with zero attached hydrogens (tertiary/aromatic N) is 1. The van der Waals surface area contributed by atoms with Crippen LogP contribution in [0.15, 0.2) is 0 Å². The van der Waals surface area contributed by atoms with Gasteiger partial charge in [-0.05, 0) is 0 Å². The minimum atomic E-state index is -1.01. The monoisotopic (exact) mass is 268 g/mol. The largest absolute Gasteiger partial charge is 0.480 e. The molecule has 0 amide bonds. The summed E-state index contributed by atoms with van der Waals surface area (Å²) in [5.74, 6) is -0.505. The number of rotatable bonds is 10. The molecule has 0 fully saturated rings. The van der Waals surface area contributed by atoms with E-state index >= 15 is 0 Å². The van der Waals surface area contributed by atoms with Crippen LogP contribution in [0.25, 0.3) is 0 Å². The van der Waals surface area contributed by atoms with E-state index in [-0.39, 0.29) is 13.1 Å². The van der Waals surface area contributed by atoms with Gasteiger partial charge in [0.15, 0.2) is 0 Å². The first-order valence-electron chi connectivity index (χ1n) is 4.66. The minimum absolute atomic E-state index is 0.242. The number of hydrogen-bond acceptors (Lipinski definition) is 6. The highest BCUT2D eigenvalue weighted by atomic mass is 33.1. The van der Waals surface area contributed by atoms with Gasteiger partial charge in [0.1, 0.15) is 0 Å². The predicted octanol–water partition coefficient (Wildman–Crippen LogP) is -0.202. The lowest BCUT2D eigenvalue weighted by molar-refractivity contribution is -0.141. The maximum Gasteiger partial charge on any atom is 0.317 e. The first kappa shape index (κ1) is 15.6. The average Bonchev–Trinajstić information content (AvgIpc) is 2.15. The Bertz CT molecular complexity index is 212. The maximum absolute atomic E-state index is 10.5. The first-order chi connectivity index (χ1) is 7.56. The summed E-state index contributed by atoms with van der Waals surface area (Å²) >= 11 is 0. The van der Waals surface area contributed by atoms with E-state index in [1.807, 2.05) is 0 Å². The van der Waals surface area contributed by atoms with Gasteiger partial charge >= 0.3 is 11.9 Å². The quantitative estimate of drug-likeness (QED) is 0.369. The van der Waals surface area contributed by atoms with Gasteiger partial charge < -0.3 is 15.9 Å². The topological polar surface area (TPSA) is 104 Å². The van der Waals surface area contributed by atoms with Gasteiger partial charge in [0.2, 0.25) is 0 Å². The van der Waals surface area contributed by atoms with Crippen LogP contribution in [0.5, 0.6) is 0 Å². The molecular weight excluding hydrogens is 252 g/mol. The molecule has 0 radical (unpaired) electrons. The molecule has 8 heteroatoms. The SMILES string of the molecule is NCCSSCCN(CC(=O)O)CC(=O)O. The minimum Gasteiger partial charge on any atom is -0.480 e. The van der Waals surface area contributed by atoms with Crippen molar-refractivity contribution in [2.75, 3.05) is 37.7 Å². The lowest BCUT2D eigenvalue weighted by atomic mass is 10.4. The van der Waals surface area contributed by atoms with Crippen LogP contribution in [-0.4, -0.2) is 64.7 Å². The van der Waals surface area contributed by atoms with E-state index in [9.17, 15) is 9.59 Å². The Hall–Kier alpha value is -0.440. The van der Waals surface area contributed by atoms with Crippen LogP contribution < -0.4 is 5.73 Å². The third-order valence-electron chi connectivity index (χ3n) is 1.49. The van der Waals surface area contributed by atoms with E-state index in [1.54, 1.807) is 21.6 Å². The number of carboxylic acid groups (broad SMARTS) is 2. The molecule has 0 aromatic rings. The van der Waals surface area contributed by atoms with Crippen LogP contribution in [0.1, 0.15) is 0 Å². The van der Waals surface area contributed by atoms with Crippen molar-refractivity contribution in [2.45, 2.75) is 0 Å². The molecule has 6 nitrogen and oxygen atoms in total. The molecule has 0 heterocycles. The molecule has 0 aliphatic rings.